The Morgan fingerprint density at radius 2 is 1.79 bits per heavy atom. The summed E-state index contributed by atoms with van der Waals surface area (Å²) in [5.74, 6) is -3.02. The van der Waals surface area contributed by atoms with Crippen molar-refractivity contribution in [2.75, 3.05) is 0 Å². The van der Waals surface area contributed by atoms with Crippen LogP contribution in [0.2, 0.25) is 0 Å². The molecule has 0 saturated carbocycles. The summed E-state index contributed by atoms with van der Waals surface area (Å²) in [6.45, 7) is 1.47. The molecule has 0 radical (unpaired) electrons. The largest absolute Gasteiger partial charge is 0.419 e. The molecule has 0 spiro atoms. The molecular formula is C17H16F7N3O. The molecule has 0 bridgehead atoms. The van der Waals surface area contributed by atoms with Crippen LogP contribution in [0.25, 0.3) is 0 Å². The highest BCUT2D eigenvalue weighted by Crippen LogP contribution is 2.32. The number of nitrogens with zero attached hydrogens (tertiary/aromatic N) is 3. The van der Waals surface area contributed by atoms with E-state index in [1.807, 2.05) is 0 Å². The molecule has 28 heavy (non-hydrogen) atoms. The van der Waals surface area contributed by atoms with Gasteiger partial charge in [-0.3, -0.25) is 14.2 Å². The Hall–Kier alpha value is -2.59. The minimum atomic E-state index is -4.98. The molecule has 1 aromatic carbocycles. The first-order valence-corrected chi connectivity index (χ1v) is 8.06. The molecule has 0 fully saturated rings. The quantitative estimate of drug-likeness (QED) is 0.689. The predicted molar refractivity (Wildman–Crippen MR) is 84.7 cm³/mol. The number of alkyl halides is 6. The first-order chi connectivity index (χ1) is 12.8. The average molecular weight is 411 g/mol. The van der Waals surface area contributed by atoms with Crippen molar-refractivity contribution in [1.82, 2.24) is 9.36 Å². The number of hydrogen-bond acceptors (Lipinski definition) is 1. The van der Waals surface area contributed by atoms with Gasteiger partial charge in [-0.1, -0.05) is 6.07 Å². The van der Waals surface area contributed by atoms with Gasteiger partial charge in [0.15, 0.2) is 5.49 Å². The highest BCUT2D eigenvalue weighted by Gasteiger charge is 2.35. The zero-order valence-corrected chi connectivity index (χ0v) is 14.8. The van der Waals surface area contributed by atoms with Crippen LogP contribution in [-0.4, -0.2) is 21.4 Å². The van der Waals surface area contributed by atoms with Crippen LogP contribution < -0.4 is 5.49 Å². The molecule has 0 N–H and O–H groups in total. The molecule has 0 saturated heterocycles. The van der Waals surface area contributed by atoms with Crippen molar-refractivity contribution >= 4 is 5.91 Å². The van der Waals surface area contributed by atoms with Gasteiger partial charge in [-0.25, -0.2) is 4.39 Å². The summed E-state index contributed by atoms with van der Waals surface area (Å²) in [6.07, 6.45) is -10.7. The molecule has 0 atom stereocenters. The van der Waals surface area contributed by atoms with Crippen molar-refractivity contribution in [3.8, 4) is 0 Å². The van der Waals surface area contributed by atoms with E-state index in [2.05, 4.69) is 4.99 Å². The number of aromatic nitrogens is 2. The summed E-state index contributed by atoms with van der Waals surface area (Å²) >= 11 is 0. The summed E-state index contributed by atoms with van der Waals surface area (Å²) < 4.78 is 92.2. The van der Waals surface area contributed by atoms with Gasteiger partial charge in [0, 0.05) is 31.8 Å². The number of carbonyl (C=O) groups excluding carboxylic acids is 1. The zero-order chi connectivity index (χ0) is 21.3. The van der Waals surface area contributed by atoms with Crippen LogP contribution in [0.4, 0.5) is 30.7 Å². The molecule has 154 valence electrons. The van der Waals surface area contributed by atoms with Gasteiger partial charge < -0.3 is 0 Å². The molecule has 1 heterocycles. The van der Waals surface area contributed by atoms with Crippen molar-refractivity contribution in [2.45, 2.75) is 38.7 Å². The lowest BCUT2D eigenvalue weighted by atomic mass is 10.1. The standard InChI is InChI=1S/C17H16F7N3O/c1-10-9-13(27(26(10)2)8-4-7-16(19,20)21)25-15(28)11-5-3-6-12(14(11)18)17(22,23)24/h3,5-6,9H,4,7-8H2,1-2H3/b25-13+. The van der Waals surface area contributed by atoms with Crippen LogP contribution in [0.3, 0.4) is 0 Å². The second-order valence-electron chi connectivity index (χ2n) is 6.09. The van der Waals surface area contributed by atoms with Crippen LogP contribution in [0.1, 0.15) is 34.5 Å². The molecule has 2 rings (SSSR count). The summed E-state index contributed by atoms with van der Waals surface area (Å²) in [5.41, 5.74) is -2.01. The van der Waals surface area contributed by atoms with E-state index in [0.29, 0.717) is 11.8 Å². The SMILES string of the molecule is Cc1c/c(=N\C(=O)c2cccc(C(F)(F)F)c2F)n(CCCC(F)(F)F)n1C. The normalized spacial score (nSPS) is 13.2. The van der Waals surface area contributed by atoms with Gasteiger partial charge >= 0.3 is 12.4 Å². The predicted octanol–water partition coefficient (Wildman–Crippen LogP) is 4.38. The third-order valence-corrected chi connectivity index (χ3v) is 4.06. The molecule has 4 nitrogen and oxygen atoms in total. The third-order valence-electron chi connectivity index (χ3n) is 4.06. The van der Waals surface area contributed by atoms with E-state index in [4.69, 9.17) is 0 Å². The maximum absolute atomic E-state index is 14.1. The van der Waals surface area contributed by atoms with Crippen LogP contribution in [0.5, 0.6) is 0 Å². The number of benzene rings is 1. The van der Waals surface area contributed by atoms with Crippen molar-refractivity contribution in [2.24, 2.45) is 12.0 Å². The van der Waals surface area contributed by atoms with Gasteiger partial charge in [0.25, 0.3) is 5.91 Å². The highest BCUT2D eigenvalue weighted by molar-refractivity contribution is 5.95. The van der Waals surface area contributed by atoms with Crippen molar-refractivity contribution in [3.63, 3.8) is 0 Å². The Kier molecular flexibility index (Phi) is 6.05. The number of amides is 1. The van der Waals surface area contributed by atoms with Gasteiger partial charge in [0.2, 0.25) is 0 Å². The highest BCUT2D eigenvalue weighted by atomic mass is 19.4. The summed E-state index contributed by atoms with van der Waals surface area (Å²) in [7, 11) is 1.53. The number of halogens is 7. The second kappa shape index (κ2) is 7.80. The lowest BCUT2D eigenvalue weighted by Gasteiger charge is -2.11. The second-order valence-corrected chi connectivity index (χ2v) is 6.09. The first kappa shape index (κ1) is 21.7. The number of aryl methyl sites for hydroxylation is 1. The summed E-state index contributed by atoms with van der Waals surface area (Å²) in [6, 6.07) is 3.61. The van der Waals surface area contributed by atoms with Gasteiger partial charge in [0.05, 0.1) is 11.1 Å². The fourth-order valence-corrected chi connectivity index (χ4v) is 2.56. The Bertz CT molecular complexity index is 936. The Labute approximate surface area is 154 Å². The maximum atomic E-state index is 14.1. The minimum absolute atomic E-state index is 0.0796. The fraction of sp³-hybridized carbons (Fsp3) is 0.412. The van der Waals surface area contributed by atoms with E-state index in [0.717, 1.165) is 12.1 Å². The molecule has 0 aliphatic carbocycles. The minimum Gasteiger partial charge on any atom is -0.291 e. The van der Waals surface area contributed by atoms with E-state index in [-0.39, 0.29) is 18.5 Å². The molecule has 0 aliphatic rings. The maximum Gasteiger partial charge on any atom is 0.419 e. The molecular weight excluding hydrogens is 395 g/mol. The van der Waals surface area contributed by atoms with Crippen molar-refractivity contribution < 1.29 is 35.5 Å². The summed E-state index contributed by atoms with van der Waals surface area (Å²) in [5, 5.41) is 0. The van der Waals surface area contributed by atoms with E-state index in [9.17, 15) is 35.5 Å². The van der Waals surface area contributed by atoms with E-state index >= 15 is 0 Å². The molecule has 0 unspecified atom stereocenters. The lowest BCUT2D eigenvalue weighted by molar-refractivity contribution is -0.140. The molecule has 1 amide bonds. The molecule has 2 aromatic rings. The summed E-state index contributed by atoms with van der Waals surface area (Å²) in [4.78, 5) is 15.9. The van der Waals surface area contributed by atoms with Crippen LogP contribution in [0, 0.1) is 12.7 Å². The third kappa shape index (κ3) is 5.02. The first-order valence-electron chi connectivity index (χ1n) is 8.06. The van der Waals surface area contributed by atoms with Gasteiger partial charge in [-0.15, -0.1) is 0 Å². The van der Waals surface area contributed by atoms with Crippen LogP contribution in [0.15, 0.2) is 29.3 Å². The monoisotopic (exact) mass is 411 g/mol. The van der Waals surface area contributed by atoms with Gasteiger partial charge in [-0.05, 0) is 25.5 Å². The number of rotatable bonds is 4. The van der Waals surface area contributed by atoms with Crippen LogP contribution in [-0.2, 0) is 19.8 Å². The van der Waals surface area contributed by atoms with Crippen molar-refractivity contribution in [1.29, 1.82) is 0 Å². The van der Waals surface area contributed by atoms with Gasteiger partial charge in [-0.2, -0.15) is 31.3 Å². The number of hydrogen-bond donors (Lipinski definition) is 0. The van der Waals surface area contributed by atoms with Crippen LogP contribution >= 0.6 is 0 Å². The molecule has 1 aromatic heterocycles. The fourth-order valence-electron chi connectivity index (χ4n) is 2.56. The van der Waals surface area contributed by atoms with E-state index in [1.165, 1.54) is 22.5 Å². The lowest BCUT2D eigenvalue weighted by Crippen LogP contribution is -2.25. The Morgan fingerprint density at radius 3 is 2.36 bits per heavy atom. The Morgan fingerprint density at radius 1 is 1.14 bits per heavy atom. The molecule has 11 heteroatoms. The van der Waals surface area contributed by atoms with Crippen molar-refractivity contribution in [3.05, 3.63) is 52.4 Å². The van der Waals surface area contributed by atoms with E-state index < -0.39 is 41.6 Å². The van der Waals surface area contributed by atoms with Gasteiger partial charge in [0.1, 0.15) is 5.82 Å². The molecule has 0 aliphatic heterocycles. The topological polar surface area (TPSA) is 39.3 Å². The Balaban J connectivity index is 2.41. The van der Waals surface area contributed by atoms with E-state index in [1.54, 1.807) is 6.92 Å². The smallest absolute Gasteiger partial charge is 0.291 e. The zero-order valence-electron chi connectivity index (χ0n) is 14.8. The average Bonchev–Trinajstić information content (AvgIpc) is 2.80. The number of carbonyl (C=O) groups is 1.